The summed E-state index contributed by atoms with van der Waals surface area (Å²) in [5.41, 5.74) is 0. The molecular formula is C5H8N2O6P2+2. The highest BCUT2D eigenvalue weighted by Crippen LogP contribution is 2.30. The Morgan fingerprint density at radius 3 is 2.20 bits per heavy atom. The molecule has 2 unspecified atom stereocenters. The highest BCUT2D eigenvalue weighted by Gasteiger charge is 2.31. The summed E-state index contributed by atoms with van der Waals surface area (Å²) in [6.07, 6.45) is 7.41. The van der Waals surface area contributed by atoms with Crippen molar-refractivity contribution in [2.75, 3.05) is 0 Å². The van der Waals surface area contributed by atoms with Crippen LogP contribution in [0.4, 0.5) is 0 Å². The van der Waals surface area contributed by atoms with Gasteiger partial charge in [0.15, 0.2) is 4.31 Å². The maximum Gasteiger partial charge on any atom is 0.745 e. The molecule has 3 N–H and O–H groups in total. The molecule has 1 rings (SSSR count). The Balaban J connectivity index is 0.000000265. The summed E-state index contributed by atoms with van der Waals surface area (Å²) in [6.45, 7) is 0. The molecule has 0 radical (unpaired) electrons. The predicted molar refractivity (Wildman–Crippen MR) is 50.9 cm³/mol. The van der Waals surface area contributed by atoms with Gasteiger partial charge in [-0.25, -0.2) is 4.98 Å². The summed E-state index contributed by atoms with van der Waals surface area (Å²) >= 11 is 0. The van der Waals surface area contributed by atoms with Crippen molar-refractivity contribution in [2.24, 2.45) is 0 Å². The van der Waals surface area contributed by atoms with Crippen LogP contribution in [0.5, 0.6) is 0 Å². The monoisotopic (exact) mass is 254 g/mol. The van der Waals surface area contributed by atoms with E-state index in [2.05, 4.69) is 9.29 Å². The number of rotatable bonds is 3. The molecule has 0 fully saturated rings. The Morgan fingerprint density at radius 2 is 1.93 bits per heavy atom. The number of aliphatic hydroxyl groups is 1. The molecule has 2 atom stereocenters. The molecule has 0 aliphatic carbocycles. The second kappa shape index (κ2) is 8.16. The average molecular weight is 254 g/mol. The normalized spacial score (nSPS) is 11.9. The van der Waals surface area contributed by atoms with Crippen molar-refractivity contribution in [3.8, 4) is 0 Å². The van der Waals surface area contributed by atoms with Crippen LogP contribution in [-0.4, -0.2) is 24.4 Å². The molecule has 0 saturated carbocycles. The molecular weight excluding hydrogens is 246 g/mol. The van der Waals surface area contributed by atoms with E-state index in [1.807, 2.05) is 0 Å². The molecule has 1 heterocycles. The lowest BCUT2D eigenvalue weighted by Crippen LogP contribution is -1.76. The first-order valence-corrected chi connectivity index (χ1v) is 5.61. The summed E-state index contributed by atoms with van der Waals surface area (Å²) < 4.78 is 23.8. The largest absolute Gasteiger partial charge is 0.745 e. The first-order chi connectivity index (χ1) is 7.06. The van der Waals surface area contributed by atoms with Crippen LogP contribution in [-0.2, 0) is 13.4 Å². The number of hydrogen-bond acceptors (Lipinski definition) is 5. The summed E-state index contributed by atoms with van der Waals surface area (Å²) in [7, 11) is -5.85. The first-order valence-electron chi connectivity index (χ1n) is 3.35. The zero-order valence-electron chi connectivity index (χ0n) is 7.24. The minimum absolute atomic E-state index is 0.960. The van der Waals surface area contributed by atoms with Crippen molar-refractivity contribution < 1.29 is 28.3 Å². The van der Waals surface area contributed by atoms with Crippen LogP contribution < -0.4 is 0 Å². The van der Waals surface area contributed by atoms with E-state index in [4.69, 9.17) is 14.9 Å². The minimum Gasteiger partial charge on any atom is -0.514 e. The Bertz CT molecular complexity index is 325. The Morgan fingerprint density at radius 1 is 1.33 bits per heavy atom. The number of hydrogen-bond donors (Lipinski definition) is 3. The van der Waals surface area contributed by atoms with E-state index in [-0.39, 0.29) is 0 Å². The van der Waals surface area contributed by atoms with Gasteiger partial charge in [0.2, 0.25) is 0 Å². The zero-order valence-corrected chi connectivity index (χ0v) is 9.03. The molecule has 82 valence electrons. The molecule has 0 spiro atoms. The maximum absolute atomic E-state index is 9.39. The van der Waals surface area contributed by atoms with Gasteiger partial charge in [-0.3, -0.25) is 0 Å². The summed E-state index contributed by atoms with van der Waals surface area (Å²) in [6, 6.07) is 0. The van der Waals surface area contributed by atoms with Gasteiger partial charge >= 0.3 is 16.5 Å². The van der Waals surface area contributed by atoms with E-state index in [0.29, 0.717) is 0 Å². The van der Waals surface area contributed by atoms with E-state index in [1.165, 1.54) is 6.20 Å². The van der Waals surface area contributed by atoms with Gasteiger partial charge in [0.25, 0.3) is 0 Å². The minimum atomic E-state index is -2.92. The molecule has 0 amide bonds. The summed E-state index contributed by atoms with van der Waals surface area (Å²) in [5, 5.41) is 8.21. The van der Waals surface area contributed by atoms with Crippen molar-refractivity contribution >= 4 is 22.7 Å². The fourth-order valence-electron chi connectivity index (χ4n) is 0.494. The molecule has 1 aromatic heterocycles. The van der Waals surface area contributed by atoms with Gasteiger partial charge in [-0.15, -0.1) is 9.79 Å². The molecule has 1 aromatic rings. The summed E-state index contributed by atoms with van der Waals surface area (Å²) in [4.78, 5) is 19.1. The van der Waals surface area contributed by atoms with E-state index in [1.54, 1.807) is 23.3 Å². The van der Waals surface area contributed by atoms with Crippen LogP contribution in [0.1, 0.15) is 0 Å². The molecule has 0 aromatic carbocycles. The molecule has 0 aliphatic heterocycles. The lowest BCUT2D eigenvalue weighted by Gasteiger charge is -1.82. The van der Waals surface area contributed by atoms with E-state index in [0.717, 1.165) is 6.26 Å². The second-order valence-corrected chi connectivity index (χ2v) is 3.47. The van der Waals surface area contributed by atoms with Gasteiger partial charge in [-0.2, -0.15) is 0 Å². The van der Waals surface area contributed by atoms with Crippen molar-refractivity contribution in [1.29, 1.82) is 0 Å². The maximum atomic E-state index is 9.39. The Labute approximate surface area is 86.4 Å². The molecule has 0 aliphatic rings. The topological polar surface area (TPSA) is 122 Å². The Hall–Kier alpha value is -1.17. The van der Waals surface area contributed by atoms with Crippen LogP contribution in [0.3, 0.4) is 0 Å². The van der Waals surface area contributed by atoms with E-state index in [9.17, 15) is 9.13 Å². The van der Waals surface area contributed by atoms with Crippen LogP contribution >= 0.6 is 16.5 Å². The van der Waals surface area contributed by atoms with Gasteiger partial charge in [0.1, 0.15) is 0 Å². The Kier molecular flexibility index (Phi) is 7.53. The smallest absolute Gasteiger partial charge is 0.514 e. The fraction of sp³-hybridized carbons (Fsp3) is 0. The number of imidazole rings is 1. The van der Waals surface area contributed by atoms with E-state index >= 15 is 0 Å². The highest BCUT2D eigenvalue weighted by molar-refractivity contribution is 7.46. The lowest BCUT2D eigenvalue weighted by molar-refractivity contribution is 0.371. The molecule has 10 heteroatoms. The van der Waals surface area contributed by atoms with Crippen molar-refractivity contribution in [3.05, 3.63) is 25.0 Å². The standard InChI is InChI=1S/C5H6N2O.O5P2/c8-4-3-7-2-1-6-5-7;1-6(2)5-7(3)4/h1-5,8H;/p+2. The predicted octanol–water partition coefficient (Wildman–Crippen LogP) is 1.17. The van der Waals surface area contributed by atoms with Crippen molar-refractivity contribution in [2.45, 2.75) is 0 Å². The van der Waals surface area contributed by atoms with Gasteiger partial charge in [0, 0.05) is 27.7 Å². The van der Waals surface area contributed by atoms with Crippen LogP contribution in [0.15, 0.2) is 25.0 Å². The quantitative estimate of drug-likeness (QED) is 0.546. The van der Waals surface area contributed by atoms with Gasteiger partial charge in [-0.1, -0.05) is 0 Å². The van der Waals surface area contributed by atoms with Crippen LogP contribution in [0.2, 0.25) is 0 Å². The fourth-order valence-corrected chi connectivity index (χ4v) is 0.972. The zero-order chi connectivity index (χ0) is 11.7. The molecule has 0 bridgehead atoms. The third kappa shape index (κ3) is 9.14. The van der Waals surface area contributed by atoms with Crippen LogP contribution in [0.25, 0.3) is 6.20 Å². The lowest BCUT2D eigenvalue weighted by atomic mass is 10.8. The second-order valence-electron chi connectivity index (χ2n) is 1.87. The average Bonchev–Trinajstić information content (AvgIpc) is 2.55. The van der Waals surface area contributed by atoms with Gasteiger partial charge in [0.05, 0.1) is 12.6 Å². The number of aromatic nitrogens is 2. The van der Waals surface area contributed by atoms with Crippen molar-refractivity contribution in [1.82, 2.24) is 9.55 Å². The first kappa shape index (κ1) is 13.8. The third-order valence-corrected chi connectivity index (χ3v) is 2.02. The van der Waals surface area contributed by atoms with Crippen molar-refractivity contribution in [3.63, 3.8) is 0 Å². The number of aliphatic hydroxyl groups excluding tert-OH is 1. The summed E-state index contributed by atoms with van der Waals surface area (Å²) in [5.74, 6) is 0. The SMILES string of the molecule is O=[P+](O)O[P+](=O)O.OC=Cn1ccnc1. The molecule has 0 saturated heterocycles. The molecule has 15 heavy (non-hydrogen) atoms. The van der Waals surface area contributed by atoms with Gasteiger partial charge in [-0.05, 0) is 0 Å². The number of nitrogens with zero attached hydrogens (tertiary/aromatic N) is 2. The van der Waals surface area contributed by atoms with Crippen LogP contribution in [0, 0.1) is 0 Å². The molecule has 8 nitrogen and oxygen atoms in total. The third-order valence-electron chi connectivity index (χ3n) is 0.903. The highest BCUT2D eigenvalue weighted by atomic mass is 31.2. The van der Waals surface area contributed by atoms with E-state index < -0.39 is 16.5 Å². The van der Waals surface area contributed by atoms with Gasteiger partial charge < -0.3 is 9.67 Å².